The van der Waals surface area contributed by atoms with Gasteiger partial charge in [-0.25, -0.2) is 0 Å². The number of rotatable bonds is 8. The van der Waals surface area contributed by atoms with Crippen LogP contribution in [-0.2, 0) is 11.8 Å². The average Bonchev–Trinajstić information content (AvgIpc) is 2.88. The molecule has 4 aromatic carbocycles. The first kappa shape index (κ1) is 26.2. The van der Waals surface area contributed by atoms with Crippen LogP contribution in [-0.4, -0.2) is 17.1 Å². The number of nitrogens with one attached hydrogen (secondary N) is 1. The number of aliphatic hydroxyl groups is 1. The van der Waals surface area contributed by atoms with E-state index in [9.17, 15) is 9.90 Å². The summed E-state index contributed by atoms with van der Waals surface area (Å²) in [6.45, 7) is 6.63. The number of amides is 1. The fourth-order valence-corrected chi connectivity index (χ4v) is 4.87. The molecular formula is C31H31Cl2NO2. The molecule has 36 heavy (non-hydrogen) atoms. The van der Waals surface area contributed by atoms with Crippen molar-refractivity contribution in [3.05, 3.63) is 117 Å². The second kappa shape index (κ2) is 11.0. The quantitative estimate of drug-likeness (QED) is 0.248. The van der Waals surface area contributed by atoms with Crippen molar-refractivity contribution in [3.8, 4) is 0 Å². The lowest BCUT2D eigenvalue weighted by Crippen LogP contribution is -2.41. The standard InChI is InChI=1S/C31H31Cl2NO2/c1-4-31(2,3)22-16-14-20(15-17-22)18-28(29(35)21-8-5-9-23(32)19-21)34-30(36)26-12-6-11-25-24(26)10-7-13-27(25)33/h5-17,19,28-29,35H,4,18H2,1-3H3,(H,34,36). The molecule has 0 aliphatic carbocycles. The highest BCUT2D eigenvalue weighted by Gasteiger charge is 2.25. The Kier molecular flexibility index (Phi) is 8.04. The van der Waals surface area contributed by atoms with E-state index in [1.807, 2.05) is 30.3 Å². The molecule has 5 heteroatoms. The molecule has 2 N–H and O–H groups in total. The number of hydrogen-bond donors (Lipinski definition) is 2. The molecule has 3 nitrogen and oxygen atoms in total. The van der Waals surface area contributed by atoms with E-state index >= 15 is 0 Å². The van der Waals surface area contributed by atoms with Crippen LogP contribution in [0.4, 0.5) is 0 Å². The zero-order valence-corrected chi connectivity index (χ0v) is 22.3. The lowest BCUT2D eigenvalue weighted by atomic mass is 9.81. The fourth-order valence-electron chi connectivity index (χ4n) is 4.43. The molecular weight excluding hydrogens is 489 g/mol. The van der Waals surface area contributed by atoms with Crippen LogP contribution in [0.15, 0.2) is 84.9 Å². The second-order valence-corrected chi connectivity index (χ2v) is 10.7. The molecule has 0 bridgehead atoms. The van der Waals surface area contributed by atoms with Gasteiger partial charge in [0.1, 0.15) is 0 Å². The van der Waals surface area contributed by atoms with Crippen LogP contribution < -0.4 is 5.32 Å². The van der Waals surface area contributed by atoms with E-state index in [0.29, 0.717) is 27.6 Å². The van der Waals surface area contributed by atoms with Crippen LogP contribution in [0, 0.1) is 0 Å². The minimum Gasteiger partial charge on any atom is -0.386 e. The van der Waals surface area contributed by atoms with E-state index in [0.717, 1.165) is 22.8 Å². The third kappa shape index (κ3) is 5.75. The summed E-state index contributed by atoms with van der Waals surface area (Å²) in [5.74, 6) is -0.266. The maximum atomic E-state index is 13.5. The Morgan fingerprint density at radius 2 is 1.58 bits per heavy atom. The van der Waals surface area contributed by atoms with E-state index in [-0.39, 0.29) is 11.3 Å². The first-order chi connectivity index (χ1) is 17.2. The number of fused-ring (bicyclic) bond motifs is 1. The van der Waals surface area contributed by atoms with E-state index in [4.69, 9.17) is 23.2 Å². The maximum absolute atomic E-state index is 13.5. The zero-order chi connectivity index (χ0) is 25.9. The molecule has 4 rings (SSSR count). The normalized spacial score (nSPS) is 13.4. The summed E-state index contributed by atoms with van der Waals surface area (Å²) in [6.07, 6.45) is 0.545. The molecule has 0 aliphatic heterocycles. The van der Waals surface area contributed by atoms with Gasteiger partial charge < -0.3 is 10.4 Å². The van der Waals surface area contributed by atoms with Crippen LogP contribution in [0.25, 0.3) is 10.8 Å². The molecule has 2 atom stereocenters. The predicted octanol–water partition coefficient (Wildman–Crippen LogP) is 7.91. The lowest BCUT2D eigenvalue weighted by molar-refractivity contribution is 0.0834. The summed E-state index contributed by atoms with van der Waals surface area (Å²) in [5.41, 5.74) is 3.54. The summed E-state index contributed by atoms with van der Waals surface area (Å²) < 4.78 is 0. The number of benzene rings is 4. The molecule has 0 radical (unpaired) electrons. The zero-order valence-electron chi connectivity index (χ0n) is 20.8. The summed E-state index contributed by atoms with van der Waals surface area (Å²) in [5, 5.41) is 17.1. The van der Waals surface area contributed by atoms with Crippen molar-refractivity contribution in [2.24, 2.45) is 0 Å². The van der Waals surface area contributed by atoms with E-state index < -0.39 is 12.1 Å². The van der Waals surface area contributed by atoms with Crippen molar-refractivity contribution < 1.29 is 9.90 Å². The minimum atomic E-state index is -0.946. The number of aliphatic hydroxyl groups excluding tert-OH is 1. The van der Waals surface area contributed by atoms with Gasteiger partial charge in [0.2, 0.25) is 0 Å². The largest absolute Gasteiger partial charge is 0.386 e. The van der Waals surface area contributed by atoms with Crippen molar-refractivity contribution in [3.63, 3.8) is 0 Å². The van der Waals surface area contributed by atoms with Gasteiger partial charge >= 0.3 is 0 Å². The SMILES string of the molecule is CCC(C)(C)c1ccc(CC(NC(=O)c2cccc3c(Cl)cccc23)C(O)c2cccc(Cl)c2)cc1. The van der Waals surface area contributed by atoms with Gasteiger partial charge in [0.05, 0.1) is 12.1 Å². The van der Waals surface area contributed by atoms with E-state index in [1.165, 1.54) is 5.56 Å². The van der Waals surface area contributed by atoms with Crippen molar-refractivity contribution >= 4 is 39.9 Å². The van der Waals surface area contributed by atoms with Crippen molar-refractivity contribution in [2.75, 3.05) is 0 Å². The van der Waals surface area contributed by atoms with Crippen LogP contribution in [0.3, 0.4) is 0 Å². The molecule has 4 aromatic rings. The summed E-state index contributed by atoms with van der Waals surface area (Å²) >= 11 is 12.6. The highest BCUT2D eigenvalue weighted by Crippen LogP contribution is 2.29. The maximum Gasteiger partial charge on any atom is 0.252 e. The topological polar surface area (TPSA) is 49.3 Å². The van der Waals surface area contributed by atoms with E-state index in [1.54, 1.807) is 30.3 Å². The van der Waals surface area contributed by atoms with E-state index in [2.05, 4.69) is 50.4 Å². The predicted molar refractivity (Wildman–Crippen MR) is 150 cm³/mol. The summed E-state index contributed by atoms with van der Waals surface area (Å²) in [6, 6.07) is 26.0. The van der Waals surface area contributed by atoms with Crippen LogP contribution in [0.2, 0.25) is 10.0 Å². The molecule has 186 valence electrons. The summed E-state index contributed by atoms with van der Waals surface area (Å²) in [7, 11) is 0. The molecule has 0 heterocycles. The summed E-state index contributed by atoms with van der Waals surface area (Å²) in [4.78, 5) is 13.5. The number of hydrogen-bond acceptors (Lipinski definition) is 2. The molecule has 2 unspecified atom stereocenters. The van der Waals surface area contributed by atoms with Gasteiger partial charge in [-0.1, -0.05) is 105 Å². The van der Waals surface area contributed by atoms with Gasteiger partial charge in [-0.3, -0.25) is 4.79 Å². The van der Waals surface area contributed by atoms with Gasteiger partial charge in [0.25, 0.3) is 5.91 Å². The minimum absolute atomic E-state index is 0.0854. The van der Waals surface area contributed by atoms with Gasteiger partial charge in [0.15, 0.2) is 0 Å². The second-order valence-electron chi connectivity index (χ2n) is 9.86. The third-order valence-corrected chi connectivity index (χ3v) is 7.64. The Balaban J connectivity index is 1.66. The smallest absolute Gasteiger partial charge is 0.252 e. The van der Waals surface area contributed by atoms with Gasteiger partial charge in [0, 0.05) is 21.0 Å². The monoisotopic (exact) mass is 519 g/mol. The molecule has 1 amide bonds. The highest BCUT2D eigenvalue weighted by atomic mass is 35.5. The van der Waals surface area contributed by atoms with Crippen molar-refractivity contribution in [1.29, 1.82) is 0 Å². The Hall–Kier alpha value is -2.85. The van der Waals surface area contributed by atoms with Gasteiger partial charge in [-0.05, 0) is 64.6 Å². The Morgan fingerprint density at radius 3 is 2.28 bits per heavy atom. The average molecular weight is 521 g/mol. The molecule has 0 saturated carbocycles. The molecule has 0 fully saturated rings. The molecule has 0 aromatic heterocycles. The van der Waals surface area contributed by atoms with Crippen LogP contribution >= 0.6 is 23.2 Å². The highest BCUT2D eigenvalue weighted by molar-refractivity contribution is 6.36. The molecule has 0 saturated heterocycles. The van der Waals surface area contributed by atoms with Crippen molar-refractivity contribution in [2.45, 2.75) is 51.2 Å². The Morgan fingerprint density at radius 1 is 0.917 bits per heavy atom. The Labute approximate surface area is 223 Å². The van der Waals surface area contributed by atoms with Crippen molar-refractivity contribution in [1.82, 2.24) is 5.32 Å². The fraction of sp³-hybridized carbons (Fsp3) is 0.258. The third-order valence-electron chi connectivity index (χ3n) is 7.08. The number of carbonyl (C=O) groups is 1. The number of halogens is 2. The number of carbonyl (C=O) groups excluding carboxylic acids is 1. The van der Waals surface area contributed by atoms with Gasteiger partial charge in [-0.15, -0.1) is 0 Å². The van der Waals surface area contributed by atoms with Crippen LogP contribution in [0.5, 0.6) is 0 Å². The Bertz CT molecular complexity index is 1360. The first-order valence-corrected chi connectivity index (χ1v) is 13.0. The lowest BCUT2D eigenvalue weighted by Gasteiger charge is -2.26. The first-order valence-electron chi connectivity index (χ1n) is 12.2. The van der Waals surface area contributed by atoms with Gasteiger partial charge in [-0.2, -0.15) is 0 Å². The molecule has 0 spiro atoms. The molecule has 0 aliphatic rings. The van der Waals surface area contributed by atoms with Crippen LogP contribution in [0.1, 0.15) is 60.3 Å².